The van der Waals surface area contributed by atoms with Gasteiger partial charge in [0, 0.05) is 6.42 Å². The minimum atomic E-state index is -2.08. The third kappa shape index (κ3) is 11.9. The van der Waals surface area contributed by atoms with Crippen molar-refractivity contribution in [2.24, 2.45) is 5.73 Å². The first-order chi connectivity index (χ1) is 16.3. The Labute approximate surface area is 233 Å². The zero-order chi connectivity index (χ0) is 29.6. The molecule has 9 heteroatoms. The average Bonchev–Trinajstić information content (AvgIpc) is 2.70. The second-order valence-electron chi connectivity index (χ2n) is 15.6. The quantitative estimate of drug-likeness (QED) is 0.156. The van der Waals surface area contributed by atoms with Crippen LogP contribution in [0.15, 0.2) is 0 Å². The monoisotopic (exact) mass is 576 g/mol. The Bertz CT molecular complexity index is 632. The van der Waals surface area contributed by atoms with Gasteiger partial charge < -0.3 is 24.3 Å². The van der Waals surface area contributed by atoms with Crippen molar-refractivity contribution in [1.29, 1.82) is 0 Å². The molecule has 0 heterocycles. The summed E-state index contributed by atoms with van der Waals surface area (Å²) < 4.78 is 20.4. The molecule has 222 valence electrons. The van der Waals surface area contributed by atoms with Gasteiger partial charge in [-0.25, -0.2) is 0 Å². The van der Waals surface area contributed by atoms with Crippen LogP contribution in [0.2, 0.25) is 54.4 Å². The molecule has 0 radical (unpaired) electrons. The molecule has 1 amide bonds. The Kier molecular flexibility index (Phi) is 13.5. The molecule has 0 aliphatic rings. The SMILES string of the molecule is CC(C)(C)[Si](C)(C)OCC(CO[Si](C)(C)C(C)(C)C)(CO[Si](C)(C)C(C)(C)C)NC(=O)CCCCCN. The maximum atomic E-state index is 13.3. The summed E-state index contributed by atoms with van der Waals surface area (Å²) in [4.78, 5) is 13.3. The first-order valence-corrected chi connectivity index (χ1v) is 23.0. The van der Waals surface area contributed by atoms with E-state index in [0.717, 1.165) is 19.3 Å². The topological polar surface area (TPSA) is 82.8 Å². The van der Waals surface area contributed by atoms with Crippen molar-refractivity contribution in [2.45, 2.75) is 148 Å². The summed E-state index contributed by atoms with van der Waals surface area (Å²) in [6.07, 6.45) is 3.20. The number of unbranched alkanes of at least 4 members (excludes halogenated alkanes) is 2. The molecule has 0 aliphatic heterocycles. The van der Waals surface area contributed by atoms with Crippen molar-refractivity contribution >= 4 is 30.9 Å². The molecule has 3 N–H and O–H groups in total. The van der Waals surface area contributed by atoms with E-state index in [9.17, 15) is 4.79 Å². The van der Waals surface area contributed by atoms with Crippen molar-refractivity contribution in [3.05, 3.63) is 0 Å². The van der Waals surface area contributed by atoms with E-state index in [0.29, 0.717) is 32.8 Å². The summed E-state index contributed by atoms with van der Waals surface area (Å²) in [5.74, 6) is 0.0357. The number of carbonyl (C=O) groups is 1. The van der Waals surface area contributed by atoms with Crippen molar-refractivity contribution in [3.63, 3.8) is 0 Å². The van der Waals surface area contributed by atoms with Gasteiger partial charge in [0.25, 0.3) is 0 Å². The smallest absolute Gasteiger partial charge is 0.220 e. The largest absolute Gasteiger partial charge is 0.414 e. The highest BCUT2D eigenvalue weighted by Gasteiger charge is 2.46. The van der Waals surface area contributed by atoms with E-state index in [-0.39, 0.29) is 21.0 Å². The Morgan fingerprint density at radius 2 is 0.946 bits per heavy atom. The maximum Gasteiger partial charge on any atom is 0.220 e. The second-order valence-corrected chi connectivity index (χ2v) is 30.0. The number of hydrogen-bond donors (Lipinski definition) is 2. The molecule has 0 aromatic heterocycles. The molecule has 0 unspecified atom stereocenters. The van der Waals surface area contributed by atoms with Gasteiger partial charge >= 0.3 is 0 Å². The molecule has 0 spiro atoms. The molecule has 0 saturated heterocycles. The molecule has 0 rings (SSSR count). The van der Waals surface area contributed by atoms with E-state index in [1.165, 1.54) is 0 Å². The Balaban J connectivity index is 6.28. The average molecular weight is 577 g/mol. The molecule has 37 heavy (non-hydrogen) atoms. The molecule has 0 bridgehead atoms. The van der Waals surface area contributed by atoms with Crippen LogP contribution in [0.1, 0.15) is 88.0 Å². The molecule has 0 atom stereocenters. The lowest BCUT2D eigenvalue weighted by Gasteiger charge is -2.46. The van der Waals surface area contributed by atoms with Gasteiger partial charge in [-0.2, -0.15) is 0 Å². The van der Waals surface area contributed by atoms with Gasteiger partial charge in [-0.3, -0.25) is 4.79 Å². The fourth-order valence-corrected chi connectivity index (χ4v) is 6.01. The van der Waals surface area contributed by atoms with Crippen LogP contribution in [0.25, 0.3) is 0 Å². The molecule has 0 aromatic rings. The lowest BCUT2D eigenvalue weighted by Crippen LogP contribution is -2.63. The van der Waals surface area contributed by atoms with Crippen LogP contribution in [0, 0.1) is 0 Å². The first-order valence-electron chi connectivity index (χ1n) is 14.3. The Hall–Kier alpha value is -0.0394. The summed E-state index contributed by atoms with van der Waals surface area (Å²) in [6.45, 7) is 35.6. The number of nitrogens with two attached hydrogens (primary N) is 1. The Morgan fingerprint density at radius 3 is 1.22 bits per heavy atom. The summed E-state index contributed by atoms with van der Waals surface area (Å²) in [7, 11) is -6.24. The molecule has 0 aromatic carbocycles. The molecule has 0 aliphatic carbocycles. The number of nitrogens with one attached hydrogen (secondary N) is 1. The van der Waals surface area contributed by atoms with Gasteiger partial charge in [-0.05, 0) is 73.8 Å². The molecule has 0 fully saturated rings. The molecular weight excluding hydrogens is 513 g/mol. The van der Waals surface area contributed by atoms with Gasteiger partial charge in [0.1, 0.15) is 5.54 Å². The number of hydrogen-bond acceptors (Lipinski definition) is 5. The molecular formula is C28H64N2O4Si3. The fraction of sp³-hybridized carbons (Fsp3) is 0.964. The van der Waals surface area contributed by atoms with Crippen LogP contribution in [-0.4, -0.2) is 62.8 Å². The minimum Gasteiger partial charge on any atom is -0.414 e. The molecule has 0 saturated carbocycles. The number of amides is 1. The standard InChI is InChI=1S/C28H64N2O4Si3/c1-25(2,3)35(10,11)32-21-28(22-33-36(12,13)26(4,5)6,23-34-37(14,15)27(7,8)9)30-24(31)19-17-16-18-20-29/h16-23,29H2,1-15H3,(H,30,31). The summed E-state index contributed by atoms with van der Waals surface area (Å²) in [5, 5.41) is 3.58. The molecule has 6 nitrogen and oxygen atoms in total. The van der Waals surface area contributed by atoms with Gasteiger partial charge in [-0.15, -0.1) is 0 Å². The Morgan fingerprint density at radius 1 is 0.622 bits per heavy atom. The van der Waals surface area contributed by atoms with Gasteiger partial charge in [0.05, 0.1) is 19.8 Å². The van der Waals surface area contributed by atoms with E-state index in [1.807, 2.05) is 0 Å². The van der Waals surface area contributed by atoms with Crippen molar-refractivity contribution in [2.75, 3.05) is 26.4 Å². The maximum absolute atomic E-state index is 13.3. The van der Waals surface area contributed by atoms with E-state index in [2.05, 4.69) is 107 Å². The number of carbonyl (C=O) groups excluding carboxylic acids is 1. The predicted octanol–water partition coefficient (Wildman–Crippen LogP) is 7.43. The van der Waals surface area contributed by atoms with Crippen LogP contribution in [0.4, 0.5) is 0 Å². The lowest BCUT2D eigenvalue weighted by molar-refractivity contribution is -0.125. The fourth-order valence-electron chi connectivity index (χ4n) is 2.80. The van der Waals surface area contributed by atoms with Crippen LogP contribution in [0.3, 0.4) is 0 Å². The second kappa shape index (κ2) is 13.5. The van der Waals surface area contributed by atoms with Gasteiger partial charge in [0.2, 0.25) is 5.91 Å². The van der Waals surface area contributed by atoms with Crippen LogP contribution >= 0.6 is 0 Å². The van der Waals surface area contributed by atoms with E-state index in [4.69, 9.17) is 19.0 Å². The third-order valence-electron chi connectivity index (χ3n) is 9.06. The van der Waals surface area contributed by atoms with Crippen molar-refractivity contribution in [3.8, 4) is 0 Å². The van der Waals surface area contributed by atoms with E-state index >= 15 is 0 Å². The first kappa shape index (κ1) is 37.0. The minimum absolute atomic E-state index is 0.0357. The van der Waals surface area contributed by atoms with Crippen molar-refractivity contribution in [1.82, 2.24) is 5.32 Å². The summed E-state index contributed by atoms with van der Waals surface area (Å²) >= 11 is 0. The zero-order valence-corrected chi connectivity index (χ0v) is 30.4. The number of rotatable bonds is 15. The van der Waals surface area contributed by atoms with Crippen LogP contribution in [0.5, 0.6) is 0 Å². The van der Waals surface area contributed by atoms with E-state index in [1.54, 1.807) is 0 Å². The van der Waals surface area contributed by atoms with Gasteiger partial charge in [-0.1, -0.05) is 68.7 Å². The summed E-state index contributed by atoms with van der Waals surface area (Å²) in [6, 6.07) is 0. The highest BCUT2D eigenvalue weighted by molar-refractivity contribution is 6.75. The highest BCUT2D eigenvalue weighted by Crippen LogP contribution is 2.40. The van der Waals surface area contributed by atoms with Crippen LogP contribution < -0.4 is 11.1 Å². The van der Waals surface area contributed by atoms with Crippen molar-refractivity contribution < 1.29 is 18.1 Å². The highest BCUT2D eigenvalue weighted by atomic mass is 28.4. The predicted molar refractivity (Wildman–Crippen MR) is 168 cm³/mol. The van der Waals surface area contributed by atoms with Gasteiger partial charge in [0.15, 0.2) is 25.0 Å². The van der Waals surface area contributed by atoms with E-state index < -0.39 is 30.5 Å². The normalized spacial score (nSPS) is 14.7. The lowest BCUT2D eigenvalue weighted by atomic mass is 10.0. The summed E-state index contributed by atoms with van der Waals surface area (Å²) in [5.41, 5.74) is 4.91. The zero-order valence-electron chi connectivity index (χ0n) is 27.4. The van der Waals surface area contributed by atoms with Crippen LogP contribution in [-0.2, 0) is 18.1 Å². The third-order valence-corrected chi connectivity index (χ3v) is 22.5.